The van der Waals surface area contributed by atoms with Crippen LogP contribution < -0.4 is 31.1 Å². The highest BCUT2D eigenvalue weighted by Crippen LogP contribution is 2.32. The molecule has 0 amide bonds. The fraction of sp³-hybridized carbons (Fsp3) is 0.100. The molecule has 252 valence electrons. The highest BCUT2D eigenvalue weighted by Gasteiger charge is 2.63. The average Bonchev–Trinajstić information content (AvgIpc) is 3.15. The summed E-state index contributed by atoms with van der Waals surface area (Å²) in [5.74, 6) is 0. The van der Waals surface area contributed by atoms with E-state index in [2.05, 4.69) is 172 Å². The molecule has 0 atom stereocenters. The van der Waals surface area contributed by atoms with Crippen molar-refractivity contribution < 1.29 is 20.6 Å². The summed E-state index contributed by atoms with van der Waals surface area (Å²) >= 11 is 0. The lowest BCUT2D eigenvalue weighted by molar-refractivity contribution is 0.256. The fourth-order valence-corrected chi connectivity index (χ4v) is 33.6. The molecule has 1 heterocycles. The summed E-state index contributed by atoms with van der Waals surface area (Å²) in [6.07, 6.45) is 0. The minimum Gasteiger partial charge on any atom is -0.416 e. The molecule has 6 aromatic carbocycles. The van der Waals surface area contributed by atoms with Gasteiger partial charge in [0.05, 0.1) is 0 Å². The molecule has 5 nitrogen and oxygen atoms in total. The lowest BCUT2D eigenvalue weighted by atomic mass is 10.4. The van der Waals surface area contributed by atoms with E-state index >= 15 is 0 Å². The van der Waals surface area contributed by atoms with Gasteiger partial charge in [-0.15, -0.1) is 0 Å². The second kappa shape index (κ2) is 14.1. The SMILES string of the molecule is C[Si]1(C)O[Si](C)(C)O[Si](c2ccccc2)(c2ccccc2)O[Si](c2ccccc2)(c2ccccc2)O[Si](c2ccccc2)(c2ccccc2)O1. The van der Waals surface area contributed by atoms with Gasteiger partial charge in [-0.3, -0.25) is 0 Å². The summed E-state index contributed by atoms with van der Waals surface area (Å²) < 4.78 is 38.9. The van der Waals surface area contributed by atoms with E-state index in [1.165, 1.54) is 0 Å². The van der Waals surface area contributed by atoms with Gasteiger partial charge in [0.1, 0.15) is 0 Å². The molecule has 1 saturated heterocycles. The van der Waals surface area contributed by atoms with Crippen LogP contribution in [0.5, 0.6) is 0 Å². The Morgan fingerprint density at radius 3 is 0.620 bits per heavy atom. The van der Waals surface area contributed by atoms with Crippen LogP contribution in [-0.4, -0.2) is 42.8 Å². The summed E-state index contributed by atoms with van der Waals surface area (Å²) in [5, 5.41) is 5.94. The maximum Gasteiger partial charge on any atom is 0.390 e. The van der Waals surface area contributed by atoms with Crippen molar-refractivity contribution >= 4 is 73.9 Å². The first-order valence-corrected chi connectivity index (χ1v) is 28.1. The second-order valence-electron chi connectivity index (χ2n) is 13.4. The van der Waals surface area contributed by atoms with Crippen molar-refractivity contribution in [2.24, 2.45) is 0 Å². The van der Waals surface area contributed by atoms with Crippen LogP contribution in [0.3, 0.4) is 0 Å². The lowest BCUT2D eigenvalue weighted by Crippen LogP contribution is -2.83. The lowest BCUT2D eigenvalue weighted by Gasteiger charge is -2.51. The molecule has 10 heteroatoms. The molecule has 6 aromatic rings. The van der Waals surface area contributed by atoms with Gasteiger partial charge in [0.15, 0.2) is 0 Å². The largest absolute Gasteiger partial charge is 0.416 e. The zero-order chi connectivity index (χ0) is 34.7. The first-order chi connectivity index (χ1) is 24.2. The molecule has 7 rings (SSSR count). The molecule has 1 aliphatic rings. The maximum absolute atomic E-state index is 8.21. The van der Waals surface area contributed by atoms with Crippen molar-refractivity contribution in [3.8, 4) is 0 Å². The van der Waals surface area contributed by atoms with Crippen molar-refractivity contribution in [2.75, 3.05) is 0 Å². The number of benzene rings is 6. The zero-order valence-electron chi connectivity index (χ0n) is 28.9. The first-order valence-electron chi connectivity index (χ1n) is 17.0. The van der Waals surface area contributed by atoms with Crippen LogP contribution in [0, 0.1) is 0 Å². The van der Waals surface area contributed by atoms with Gasteiger partial charge in [-0.05, 0) is 57.3 Å². The van der Waals surface area contributed by atoms with Gasteiger partial charge < -0.3 is 20.6 Å². The van der Waals surface area contributed by atoms with E-state index in [1.54, 1.807) is 0 Å². The maximum atomic E-state index is 8.21. The third kappa shape index (κ3) is 6.79. The van der Waals surface area contributed by atoms with Crippen LogP contribution in [0.25, 0.3) is 0 Å². The van der Waals surface area contributed by atoms with E-state index in [-0.39, 0.29) is 0 Å². The summed E-state index contributed by atoms with van der Waals surface area (Å²) in [5.41, 5.74) is 0. The summed E-state index contributed by atoms with van der Waals surface area (Å²) in [6.45, 7) is 8.53. The van der Waals surface area contributed by atoms with Crippen LogP contribution in [0.2, 0.25) is 26.2 Å². The molecule has 1 aliphatic heterocycles. The second-order valence-corrected chi connectivity index (χ2v) is 30.2. The molecule has 0 aromatic heterocycles. The normalized spacial score (nSPS) is 19.2. The molecule has 0 saturated carbocycles. The van der Waals surface area contributed by atoms with Crippen LogP contribution >= 0.6 is 0 Å². The number of hydrogen-bond donors (Lipinski definition) is 0. The molecule has 0 aliphatic carbocycles. The zero-order valence-corrected chi connectivity index (χ0v) is 33.9. The molecule has 50 heavy (non-hydrogen) atoms. The van der Waals surface area contributed by atoms with Gasteiger partial charge in [0.2, 0.25) is 0 Å². The Morgan fingerprint density at radius 1 is 0.240 bits per heavy atom. The smallest absolute Gasteiger partial charge is 0.390 e. The number of hydrogen-bond acceptors (Lipinski definition) is 5. The Kier molecular flexibility index (Phi) is 9.76. The minimum absolute atomic E-state index is 0.978. The fourth-order valence-electron chi connectivity index (χ4n) is 6.95. The Labute approximate surface area is 301 Å². The first kappa shape index (κ1) is 34.6. The Morgan fingerprint density at radius 2 is 0.420 bits per heavy atom. The topological polar surface area (TPSA) is 46.2 Å². The third-order valence-corrected chi connectivity index (χ3v) is 30.1. The van der Waals surface area contributed by atoms with E-state index in [1.807, 2.05) is 36.4 Å². The van der Waals surface area contributed by atoms with Gasteiger partial charge in [-0.1, -0.05) is 182 Å². The highest BCUT2D eigenvalue weighted by molar-refractivity contribution is 7.12. The third-order valence-electron chi connectivity index (χ3n) is 8.77. The summed E-state index contributed by atoms with van der Waals surface area (Å²) in [6, 6.07) is 62.8. The Balaban J connectivity index is 1.66. The predicted octanol–water partition coefficient (Wildman–Crippen LogP) is 5.26. The summed E-state index contributed by atoms with van der Waals surface area (Å²) in [7, 11) is -17.2. The predicted molar refractivity (Wildman–Crippen MR) is 214 cm³/mol. The molecular formula is C40H42O5Si5. The van der Waals surface area contributed by atoms with Crippen LogP contribution in [0.1, 0.15) is 0 Å². The Bertz CT molecular complexity index is 1760. The molecule has 0 spiro atoms. The standard InChI is InChI=1S/C40H42O5Si5/c1-46(2)41-47(3,4)43-49(37-27-15-7-16-28-37,38-29-17-8-18-30-38)45-50(39-31-19-9-20-32-39,40-33-21-10-22-34-40)44-48(42-46,35-23-11-5-12-24-35)36-25-13-6-14-26-36/h5-34H,1-4H3. The van der Waals surface area contributed by atoms with Crippen molar-refractivity contribution in [2.45, 2.75) is 26.2 Å². The Hall–Kier alpha value is -3.80. The van der Waals surface area contributed by atoms with E-state index in [9.17, 15) is 0 Å². The van der Waals surface area contributed by atoms with Crippen LogP contribution in [0.15, 0.2) is 182 Å². The minimum atomic E-state index is -3.84. The van der Waals surface area contributed by atoms with Gasteiger partial charge in [-0.2, -0.15) is 0 Å². The van der Waals surface area contributed by atoms with Crippen molar-refractivity contribution in [1.82, 2.24) is 0 Å². The molecule has 0 bridgehead atoms. The molecule has 0 N–H and O–H groups in total. The molecule has 0 radical (unpaired) electrons. The molecular weight excluding hydrogens is 701 g/mol. The van der Waals surface area contributed by atoms with Crippen LogP contribution in [0.4, 0.5) is 0 Å². The number of rotatable bonds is 6. The van der Waals surface area contributed by atoms with Crippen LogP contribution in [-0.2, 0) is 20.6 Å². The van der Waals surface area contributed by atoms with E-state index in [0.29, 0.717) is 0 Å². The van der Waals surface area contributed by atoms with Crippen molar-refractivity contribution in [3.05, 3.63) is 182 Å². The van der Waals surface area contributed by atoms with E-state index in [0.717, 1.165) is 31.1 Å². The quantitative estimate of drug-likeness (QED) is 0.218. The summed E-state index contributed by atoms with van der Waals surface area (Å²) in [4.78, 5) is 0. The van der Waals surface area contributed by atoms with E-state index < -0.39 is 42.8 Å². The van der Waals surface area contributed by atoms with Gasteiger partial charge in [0, 0.05) is 0 Å². The van der Waals surface area contributed by atoms with Gasteiger partial charge >= 0.3 is 42.8 Å². The van der Waals surface area contributed by atoms with Crippen molar-refractivity contribution in [1.29, 1.82) is 0 Å². The molecule has 1 fully saturated rings. The van der Waals surface area contributed by atoms with Crippen molar-refractivity contribution in [3.63, 3.8) is 0 Å². The van der Waals surface area contributed by atoms with Gasteiger partial charge in [-0.25, -0.2) is 0 Å². The van der Waals surface area contributed by atoms with Gasteiger partial charge in [0.25, 0.3) is 0 Å². The van der Waals surface area contributed by atoms with E-state index in [4.69, 9.17) is 20.6 Å². The highest BCUT2D eigenvalue weighted by atomic mass is 28.5. The molecule has 0 unspecified atom stereocenters. The monoisotopic (exact) mass is 742 g/mol. The average molecular weight is 743 g/mol.